The van der Waals surface area contributed by atoms with Crippen molar-refractivity contribution in [3.05, 3.63) is 35.7 Å². The molecule has 0 aliphatic carbocycles. The van der Waals surface area contributed by atoms with E-state index in [9.17, 15) is 13.2 Å². The molecule has 1 rings (SSSR count). The maximum Gasteiger partial charge on any atom is 0.418 e. The first-order chi connectivity index (χ1) is 7.36. The molecule has 0 aromatic carbocycles. The lowest BCUT2D eigenvalue weighted by Crippen LogP contribution is -2.09. The van der Waals surface area contributed by atoms with Crippen molar-refractivity contribution in [2.45, 2.75) is 32.9 Å². The molecule has 0 aliphatic rings. The topological polar surface area (TPSA) is 12.9 Å². The summed E-state index contributed by atoms with van der Waals surface area (Å²) in [6.45, 7) is 7.07. The zero-order chi connectivity index (χ0) is 12.3. The Balaban J connectivity index is 3.13. The Morgan fingerprint density at radius 1 is 1.44 bits per heavy atom. The molecule has 1 aromatic rings. The lowest BCUT2D eigenvalue weighted by atomic mass is 10.0. The normalized spacial score (nSPS) is 11.6. The van der Waals surface area contributed by atoms with Crippen LogP contribution in [0.2, 0.25) is 0 Å². The number of rotatable bonds is 3. The van der Waals surface area contributed by atoms with Gasteiger partial charge in [-0.15, -0.1) is 0 Å². The van der Waals surface area contributed by atoms with Crippen molar-refractivity contribution < 1.29 is 13.2 Å². The number of aromatic nitrogens is 1. The molecule has 0 aliphatic heterocycles. The largest absolute Gasteiger partial charge is 0.418 e. The Morgan fingerprint density at radius 2 is 2.06 bits per heavy atom. The second-order valence-electron chi connectivity index (χ2n) is 3.71. The molecule has 16 heavy (non-hydrogen) atoms. The molecular weight excluding hydrogens is 215 g/mol. The van der Waals surface area contributed by atoms with Gasteiger partial charge in [-0.25, -0.2) is 0 Å². The third-order valence-electron chi connectivity index (χ3n) is 2.35. The van der Waals surface area contributed by atoms with Gasteiger partial charge in [0.1, 0.15) is 0 Å². The summed E-state index contributed by atoms with van der Waals surface area (Å²) in [5, 5.41) is 0. The van der Waals surface area contributed by atoms with Gasteiger partial charge in [-0.2, -0.15) is 13.2 Å². The zero-order valence-electron chi connectivity index (χ0n) is 9.36. The molecule has 0 radical (unpaired) electrons. The van der Waals surface area contributed by atoms with Crippen LogP contribution >= 0.6 is 0 Å². The van der Waals surface area contributed by atoms with Crippen LogP contribution in [0.3, 0.4) is 0 Å². The van der Waals surface area contributed by atoms with Gasteiger partial charge in [-0.1, -0.05) is 19.9 Å². The fourth-order valence-corrected chi connectivity index (χ4v) is 1.46. The third kappa shape index (κ3) is 2.84. The molecule has 88 valence electrons. The van der Waals surface area contributed by atoms with Crippen LogP contribution in [-0.4, -0.2) is 4.98 Å². The number of nitrogens with zero attached hydrogens (tertiary/aromatic N) is 1. The molecule has 0 amide bonds. The van der Waals surface area contributed by atoms with E-state index in [0.29, 0.717) is 17.6 Å². The van der Waals surface area contributed by atoms with Crippen molar-refractivity contribution in [3.8, 4) is 0 Å². The summed E-state index contributed by atoms with van der Waals surface area (Å²) in [5.41, 5.74) is 0.489. The van der Waals surface area contributed by atoms with Gasteiger partial charge in [-0.3, -0.25) is 4.98 Å². The SMILES string of the molecule is C=C(CCC)c1cnc(C)c(C(F)(F)F)c1. The van der Waals surface area contributed by atoms with Gasteiger partial charge in [0.05, 0.1) is 5.56 Å². The summed E-state index contributed by atoms with van der Waals surface area (Å²) in [7, 11) is 0. The molecule has 0 saturated heterocycles. The van der Waals surface area contributed by atoms with Crippen LogP contribution in [0.25, 0.3) is 5.57 Å². The lowest BCUT2D eigenvalue weighted by Gasteiger charge is -2.12. The van der Waals surface area contributed by atoms with Crippen molar-refractivity contribution in [2.75, 3.05) is 0 Å². The summed E-state index contributed by atoms with van der Waals surface area (Å²) in [5.74, 6) is 0. The fraction of sp³-hybridized carbons (Fsp3) is 0.417. The predicted octanol–water partition coefficient (Wildman–Crippen LogP) is 4.22. The molecule has 1 heterocycles. The van der Waals surface area contributed by atoms with E-state index in [-0.39, 0.29) is 5.69 Å². The first kappa shape index (κ1) is 12.7. The Morgan fingerprint density at radius 3 is 2.56 bits per heavy atom. The number of allylic oxidation sites excluding steroid dienone is 1. The number of hydrogen-bond donors (Lipinski definition) is 0. The van der Waals surface area contributed by atoms with Crippen LogP contribution in [0.4, 0.5) is 13.2 Å². The van der Waals surface area contributed by atoms with E-state index in [1.54, 1.807) is 0 Å². The van der Waals surface area contributed by atoms with Crippen LogP contribution < -0.4 is 0 Å². The average Bonchev–Trinajstić information content (AvgIpc) is 2.16. The van der Waals surface area contributed by atoms with E-state index in [1.807, 2.05) is 6.92 Å². The number of hydrogen-bond acceptors (Lipinski definition) is 1. The van der Waals surface area contributed by atoms with Gasteiger partial charge in [0.2, 0.25) is 0 Å². The minimum absolute atomic E-state index is 0.000508. The number of pyridine rings is 1. The quantitative estimate of drug-likeness (QED) is 0.756. The summed E-state index contributed by atoms with van der Waals surface area (Å²) < 4.78 is 37.8. The highest BCUT2D eigenvalue weighted by atomic mass is 19.4. The molecule has 0 unspecified atom stereocenters. The van der Waals surface area contributed by atoms with Crippen molar-refractivity contribution >= 4 is 5.57 Å². The van der Waals surface area contributed by atoms with Crippen LogP contribution in [0.5, 0.6) is 0 Å². The van der Waals surface area contributed by atoms with Crippen molar-refractivity contribution in [3.63, 3.8) is 0 Å². The molecule has 0 N–H and O–H groups in total. The van der Waals surface area contributed by atoms with E-state index < -0.39 is 11.7 Å². The maximum absolute atomic E-state index is 12.6. The predicted molar refractivity (Wildman–Crippen MR) is 57.9 cm³/mol. The maximum atomic E-state index is 12.6. The molecule has 4 heteroatoms. The number of alkyl halides is 3. The van der Waals surface area contributed by atoms with Crippen LogP contribution in [0, 0.1) is 6.92 Å². The summed E-state index contributed by atoms with van der Waals surface area (Å²) in [4.78, 5) is 3.77. The molecule has 0 atom stereocenters. The van der Waals surface area contributed by atoms with Gasteiger partial charge < -0.3 is 0 Å². The Hall–Kier alpha value is -1.32. The Bertz CT molecular complexity index is 394. The second-order valence-corrected chi connectivity index (χ2v) is 3.71. The standard InChI is InChI=1S/C12H14F3N/c1-4-5-8(2)10-6-11(12(13,14)15)9(3)16-7-10/h6-7H,2,4-5H2,1,3H3. The summed E-state index contributed by atoms with van der Waals surface area (Å²) in [6, 6.07) is 1.13. The van der Waals surface area contributed by atoms with Crippen LogP contribution in [0.15, 0.2) is 18.8 Å². The first-order valence-corrected chi connectivity index (χ1v) is 5.08. The number of halogens is 3. The average molecular weight is 229 g/mol. The third-order valence-corrected chi connectivity index (χ3v) is 2.35. The van der Waals surface area contributed by atoms with Crippen molar-refractivity contribution in [1.82, 2.24) is 4.98 Å². The van der Waals surface area contributed by atoms with Crippen molar-refractivity contribution in [1.29, 1.82) is 0 Å². The molecule has 0 fully saturated rings. The van der Waals surface area contributed by atoms with E-state index in [2.05, 4.69) is 11.6 Å². The summed E-state index contributed by atoms with van der Waals surface area (Å²) in [6.07, 6.45) is -1.36. The number of aryl methyl sites for hydroxylation is 1. The van der Waals surface area contributed by atoms with Gasteiger partial charge in [-0.05, 0) is 30.5 Å². The molecule has 1 aromatic heterocycles. The van der Waals surface area contributed by atoms with E-state index in [4.69, 9.17) is 0 Å². The molecule has 1 nitrogen and oxygen atoms in total. The van der Waals surface area contributed by atoms with E-state index >= 15 is 0 Å². The van der Waals surface area contributed by atoms with Gasteiger partial charge in [0.15, 0.2) is 0 Å². The Labute approximate surface area is 93.0 Å². The fourth-order valence-electron chi connectivity index (χ4n) is 1.46. The minimum Gasteiger partial charge on any atom is -0.260 e. The van der Waals surface area contributed by atoms with Gasteiger partial charge in [0.25, 0.3) is 0 Å². The van der Waals surface area contributed by atoms with Crippen LogP contribution in [-0.2, 0) is 6.18 Å². The summed E-state index contributed by atoms with van der Waals surface area (Å²) >= 11 is 0. The Kier molecular flexibility index (Phi) is 3.73. The monoisotopic (exact) mass is 229 g/mol. The second kappa shape index (κ2) is 4.68. The van der Waals surface area contributed by atoms with E-state index in [1.165, 1.54) is 13.1 Å². The highest BCUT2D eigenvalue weighted by molar-refractivity contribution is 5.63. The molecular formula is C12H14F3N. The lowest BCUT2D eigenvalue weighted by molar-refractivity contribution is -0.138. The smallest absolute Gasteiger partial charge is 0.260 e. The molecule has 0 spiro atoms. The van der Waals surface area contributed by atoms with E-state index in [0.717, 1.165) is 12.5 Å². The molecule has 0 bridgehead atoms. The highest BCUT2D eigenvalue weighted by Crippen LogP contribution is 2.32. The van der Waals surface area contributed by atoms with Gasteiger partial charge in [0, 0.05) is 11.9 Å². The first-order valence-electron chi connectivity index (χ1n) is 5.08. The molecule has 0 saturated carbocycles. The minimum atomic E-state index is -4.35. The van der Waals surface area contributed by atoms with Gasteiger partial charge >= 0.3 is 6.18 Å². The zero-order valence-corrected chi connectivity index (χ0v) is 9.36. The van der Waals surface area contributed by atoms with Crippen LogP contribution in [0.1, 0.15) is 36.6 Å². The highest BCUT2D eigenvalue weighted by Gasteiger charge is 2.33. The van der Waals surface area contributed by atoms with Crippen molar-refractivity contribution in [2.24, 2.45) is 0 Å².